The summed E-state index contributed by atoms with van der Waals surface area (Å²) >= 11 is 5.73. The molecule has 2 aromatic rings. The number of hydrogen-bond acceptors (Lipinski definition) is 6. The number of amides is 1. The first-order valence-electron chi connectivity index (χ1n) is 8.74. The normalized spacial score (nSPS) is 16.2. The van der Waals surface area contributed by atoms with E-state index in [1.165, 1.54) is 47.9 Å². The predicted octanol–water partition coefficient (Wildman–Crippen LogP) is 2.89. The molecule has 0 spiro atoms. The van der Waals surface area contributed by atoms with Gasteiger partial charge < -0.3 is 9.47 Å². The van der Waals surface area contributed by atoms with Gasteiger partial charge in [0.15, 0.2) is 14.6 Å². The van der Waals surface area contributed by atoms with E-state index in [0.29, 0.717) is 11.3 Å². The molecule has 0 saturated carbocycles. The SMILES string of the molecule is O=C(NO)C1(S(=O)(=O)c2ccc(OCc3ccc(F)c(Cl)c3)cc2)CCOCC1. The summed E-state index contributed by atoms with van der Waals surface area (Å²) in [6.45, 7) is 0.294. The number of benzene rings is 2. The van der Waals surface area contributed by atoms with Gasteiger partial charge >= 0.3 is 0 Å². The highest BCUT2D eigenvalue weighted by atomic mass is 35.5. The van der Waals surface area contributed by atoms with Crippen LogP contribution in [-0.2, 0) is 26.0 Å². The minimum Gasteiger partial charge on any atom is -0.489 e. The van der Waals surface area contributed by atoms with Crippen molar-refractivity contribution in [3.63, 3.8) is 0 Å². The van der Waals surface area contributed by atoms with Crippen LogP contribution in [0.25, 0.3) is 0 Å². The summed E-state index contributed by atoms with van der Waals surface area (Å²) in [5.41, 5.74) is 2.12. The molecule has 29 heavy (non-hydrogen) atoms. The molecule has 0 bridgehead atoms. The molecule has 2 N–H and O–H groups in total. The Morgan fingerprint density at radius 2 is 1.86 bits per heavy atom. The van der Waals surface area contributed by atoms with E-state index in [4.69, 9.17) is 26.3 Å². The molecule has 3 rings (SSSR count). The van der Waals surface area contributed by atoms with Gasteiger partial charge in [0.1, 0.15) is 18.2 Å². The molecule has 0 atom stereocenters. The molecule has 1 saturated heterocycles. The zero-order valence-corrected chi connectivity index (χ0v) is 16.8. The van der Waals surface area contributed by atoms with E-state index in [2.05, 4.69) is 0 Å². The summed E-state index contributed by atoms with van der Waals surface area (Å²) in [4.78, 5) is 12.2. The Balaban J connectivity index is 1.79. The van der Waals surface area contributed by atoms with Crippen molar-refractivity contribution >= 4 is 27.3 Å². The molecule has 1 aliphatic heterocycles. The Morgan fingerprint density at radius 3 is 2.45 bits per heavy atom. The van der Waals surface area contributed by atoms with E-state index in [-0.39, 0.29) is 42.6 Å². The average molecular weight is 444 g/mol. The van der Waals surface area contributed by atoms with Gasteiger partial charge in [-0.25, -0.2) is 18.3 Å². The average Bonchev–Trinajstić information content (AvgIpc) is 2.74. The Hall–Kier alpha value is -2.20. The van der Waals surface area contributed by atoms with Crippen molar-refractivity contribution < 1.29 is 32.3 Å². The van der Waals surface area contributed by atoms with Crippen LogP contribution in [0.1, 0.15) is 18.4 Å². The summed E-state index contributed by atoms with van der Waals surface area (Å²) in [5, 5.41) is 9.05. The third-order valence-corrected chi connectivity index (χ3v) is 7.66. The van der Waals surface area contributed by atoms with Gasteiger partial charge in [0.05, 0.1) is 9.92 Å². The highest BCUT2D eigenvalue weighted by molar-refractivity contribution is 7.93. The number of halogens is 2. The maximum atomic E-state index is 13.2. The molecule has 0 unspecified atom stereocenters. The van der Waals surface area contributed by atoms with Crippen LogP contribution in [0.3, 0.4) is 0 Å². The van der Waals surface area contributed by atoms with Crippen LogP contribution in [0.4, 0.5) is 4.39 Å². The van der Waals surface area contributed by atoms with Gasteiger partial charge in [-0.1, -0.05) is 17.7 Å². The number of nitrogens with one attached hydrogen (secondary N) is 1. The first kappa shape index (κ1) is 21.5. The third kappa shape index (κ3) is 4.23. The fourth-order valence-corrected chi connectivity index (χ4v) is 5.30. The van der Waals surface area contributed by atoms with Crippen LogP contribution >= 0.6 is 11.6 Å². The molecular formula is C19H19ClFNO6S. The van der Waals surface area contributed by atoms with E-state index >= 15 is 0 Å². The van der Waals surface area contributed by atoms with Gasteiger partial charge in [0.25, 0.3) is 5.91 Å². The number of hydroxylamine groups is 1. The Kier molecular flexibility index (Phi) is 6.42. The number of hydrogen-bond donors (Lipinski definition) is 2. The molecule has 10 heteroatoms. The van der Waals surface area contributed by atoms with Crippen LogP contribution in [0.2, 0.25) is 5.02 Å². The molecule has 0 aliphatic carbocycles. The minimum atomic E-state index is -4.10. The van der Waals surface area contributed by atoms with Gasteiger partial charge in [-0.2, -0.15) is 0 Å². The van der Waals surface area contributed by atoms with Crippen LogP contribution in [-0.4, -0.2) is 37.5 Å². The van der Waals surface area contributed by atoms with E-state index in [1.54, 1.807) is 0 Å². The fourth-order valence-electron chi connectivity index (χ4n) is 3.16. The standard InChI is InChI=1S/C19H19ClFNO6S/c20-16-11-13(1-6-17(16)21)12-28-14-2-4-15(5-3-14)29(25,26)19(18(23)22-24)7-9-27-10-8-19/h1-6,11,24H,7-10,12H2,(H,22,23). The quantitative estimate of drug-likeness (QED) is 0.525. The van der Waals surface area contributed by atoms with Crippen molar-refractivity contribution in [2.75, 3.05) is 13.2 Å². The van der Waals surface area contributed by atoms with Crippen molar-refractivity contribution in [3.05, 3.63) is 58.9 Å². The maximum Gasteiger partial charge on any atom is 0.265 e. The highest BCUT2D eigenvalue weighted by Gasteiger charge is 2.52. The summed E-state index contributed by atoms with van der Waals surface area (Å²) < 4.78 is 48.5. The van der Waals surface area contributed by atoms with Crippen LogP contribution in [0.15, 0.2) is 47.4 Å². The van der Waals surface area contributed by atoms with E-state index in [1.807, 2.05) is 0 Å². The highest BCUT2D eigenvalue weighted by Crippen LogP contribution is 2.35. The molecule has 1 aliphatic rings. The van der Waals surface area contributed by atoms with Crippen molar-refractivity contribution in [2.24, 2.45) is 0 Å². The van der Waals surface area contributed by atoms with Gasteiger partial charge in [-0.3, -0.25) is 10.0 Å². The first-order valence-corrected chi connectivity index (χ1v) is 10.6. The molecule has 7 nitrogen and oxygen atoms in total. The van der Waals surface area contributed by atoms with Crippen LogP contribution < -0.4 is 10.2 Å². The van der Waals surface area contributed by atoms with Crippen molar-refractivity contribution in [1.82, 2.24) is 5.48 Å². The summed E-state index contributed by atoms with van der Waals surface area (Å²) in [7, 11) is -4.10. The Morgan fingerprint density at radius 1 is 1.21 bits per heavy atom. The molecule has 1 fully saturated rings. The molecule has 0 radical (unpaired) electrons. The molecular weight excluding hydrogens is 425 g/mol. The predicted molar refractivity (Wildman–Crippen MR) is 102 cm³/mol. The lowest BCUT2D eigenvalue weighted by atomic mass is 9.98. The number of carbonyl (C=O) groups is 1. The zero-order chi connectivity index (χ0) is 21.1. The molecule has 156 valence electrons. The number of carbonyl (C=O) groups excluding carboxylic acids is 1. The molecule has 1 amide bonds. The maximum absolute atomic E-state index is 13.2. The lowest BCUT2D eigenvalue weighted by Gasteiger charge is -2.34. The molecule has 1 heterocycles. The first-order chi connectivity index (χ1) is 13.8. The van der Waals surface area contributed by atoms with Crippen LogP contribution in [0.5, 0.6) is 5.75 Å². The summed E-state index contributed by atoms with van der Waals surface area (Å²) in [5.74, 6) is -1.12. The second kappa shape index (κ2) is 8.66. The summed E-state index contributed by atoms with van der Waals surface area (Å²) in [6.07, 6.45) is -0.128. The summed E-state index contributed by atoms with van der Waals surface area (Å²) in [6, 6.07) is 9.80. The van der Waals surface area contributed by atoms with Gasteiger partial charge in [0.2, 0.25) is 0 Å². The van der Waals surface area contributed by atoms with Gasteiger partial charge in [0, 0.05) is 13.2 Å². The number of ether oxygens (including phenoxy) is 2. The Labute approximate surface area is 172 Å². The Bertz CT molecular complexity index is 990. The van der Waals surface area contributed by atoms with Crippen LogP contribution in [0, 0.1) is 5.82 Å². The number of rotatable bonds is 6. The lowest BCUT2D eigenvalue weighted by molar-refractivity contribution is -0.134. The fraction of sp³-hybridized carbons (Fsp3) is 0.316. The largest absolute Gasteiger partial charge is 0.489 e. The minimum absolute atomic E-state index is 0.0172. The van der Waals surface area contributed by atoms with E-state index in [9.17, 15) is 17.6 Å². The van der Waals surface area contributed by atoms with E-state index < -0.39 is 26.3 Å². The second-order valence-electron chi connectivity index (χ2n) is 6.56. The van der Waals surface area contributed by atoms with Crippen molar-refractivity contribution in [1.29, 1.82) is 0 Å². The molecule has 0 aromatic heterocycles. The smallest absolute Gasteiger partial charge is 0.265 e. The van der Waals surface area contributed by atoms with Gasteiger partial charge in [-0.15, -0.1) is 0 Å². The number of sulfone groups is 1. The van der Waals surface area contributed by atoms with Crippen molar-refractivity contribution in [2.45, 2.75) is 29.1 Å². The lowest BCUT2D eigenvalue weighted by Crippen LogP contribution is -2.54. The second-order valence-corrected chi connectivity index (χ2v) is 9.23. The third-order valence-electron chi connectivity index (χ3n) is 4.85. The topological polar surface area (TPSA) is 102 Å². The molecule has 2 aromatic carbocycles. The monoisotopic (exact) mass is 443 g/mol. The van der Waals surface area contributed by atoms with Gasteiger partial charge in [-0.05, 0) is 54.8 Å². The zero-order valence-electron chi connectivity index (χ0n) is 15.2. The van der Waals surface area contributed by atoms with Crippen molar-refractivity contribution in [3.8, 4) is 5.75 Å². The van der Waals surface area contributed by atoms with E-state index in [0.717, 1.165) is 0 Å².